The smallest absolute Gasteiger partial charge is 0.254 e. The molecule has 2 aliphatic heterocycles. The number of piperidine rings is 1. The number of benzene rings is 1. The molecule has 1 aromatic carbocycles. The van der Waals surface area contributed by atoms with Crippen LogP contribution in [0.25, 0.3) is 0 Å². The van der Waals surface area contributed by atoms with E-state index in [0.29, 0.717) is 12.3 Å². The van der Waals surface area contributed by atoms with Crippen LogP contribution in [-0.4, -0.2) is 65.9 Å². The van der Waals surface area contributed by atoms with Crippen molar-refractivity contribution in [2.45, 2.75) is 32.6 Å². The van der Waals surface area contributed by atoms with Crippen molar-refractivity contribution >= 4 is 17.6 Å². The highest BCUT2D eigenvalue weighted by Gasteiger charge is 2.27. The highest BCUT2D eigenvalue weighted by molar-refractivity contribution is 5.95. The van der Waals surface area contributed by atoms with Crippen molar-refractivity contribution in [2.75, 3.05) is 44.2 Å². The highest BCUT2D eigenvalue weighted by Crippen LogP contribution is 2.24. The van der Waals surface area contributed by atoms with Gasteiger partial charge in [-0.25, -0.2) is 4.98 Å². The zero-order valence-corrected chi connectivity index (χ0v) is 18.4. The van der Waals surface area contributed by atoms with E-state index in [9.17, 15) is 9.59 Å². The predicted molar refractivity (Wildman–Crippen MR) is 122 cm³/mol. The first-order chi connectivity index (χ1) is 15.1. The molecule has 1 atom stereocenters. The minimum absolute atomic E-state index is 0.125. The second-order valence-corrected chi connectivity index (χ2v) is 8.67. The van der Waals surface area contributed by atoms with Crippen LogP contribution in [0.5, 0.6) is 0 Å². The SMILES string of the molecule is Cc1ccccc1C(=O)N1CCC[C@@H](CCC(=O)N2CCN(c3ccccn3)CC2)C1. The Morgan fingerprint density at radius 2 is 1.74 bits per heavy atom. The number of likely N-dealkylation sites (tertiary alicyclic amines) is 1. The second kappa shape index (κ2) is 9.94. The van der Waals surface area contributed by atoms with Crippen LogP contribution in [0.15, 0.2) is 48.7 Å². The Balaban J connectivity index is 1.24. The molecule has 0 unspecified atom stereocenters. The molecule has 0 aliphatic carbocycles. The molecule has 0 saturated carbocycles. The third-order valence-corrected chi connectivity index (χ3v) is 6.55. The largest absolute Gasteiger partial charge is 0.353 e. The lowest BCUT2D eigenvalue weighted by Crippen LogP contribution is -2.49. The first-order valence-corrected chi connectivity index (χ1v) is 11.4. The van der Waals surface area contributed by atoms with Crippen LogP contribution in [0.3, 0.4) is 0 Å². The van der Waals surface area contributed by atoms with E-state index < -0.39 is 0 Å². The van der Waals surface area contributed by atoms with Gasteiger partial charge in [-0.15, -0.1) is 0 Å². The zero-order chi connectivity index (χ0) is 21.6. The van der Waals surface area contributed by atoms with Gasteiger partial charge in [-0.05, 0) is 55.9 Å². The number of aryl methyl sites for hydroxylation is 1. The topological polar surface area (TPSA) is 56.8 Å². The van der Waals surface area contributed by atoms with Crippen LogP contribution in [0.4, 0.5) is 5.82 Å². The number of hydrogen-bond donors (Lipinski definition) is 0. The summed E-state index contributed by atoms with van der Waals surface area (Å²) < 4.78 is 0. The van der Waals surface area contributed by atoms with Gasteiger partial charge in [0.15, 0.2) is 0 Å². The maximum atomic E-state index is 12.9. The minimum Gasteiger partial charge on any atom is -0.353 e. The summed E-state index contributed by atoms with van der Waals surface area (Å²) in [6.07, 6.45) is 5.35. The van der Waals surface area contributed by atoms with Crippen LogP contribution in [-0.2, 0) is 4.79 Å². The molecule has 6 nitrogen and oxygen atoms in total. The van der Waals surface area contributed by atoms with Crippen LogP contribution >= 0.6 is 0 Å². The molecule has 31 heavy (non-hydrogen) atoms. The van der Waals surface area contributed by atoms with Crippen LogP contribution in [0.2, 0.25) is 0 Å². The fourth-order valence-electron chi connectivity index (χ4n) is 4.68. The highest BCUT2D eigenvalue weighted by atomic mass is 16.2. The van der Waals surface area contributed by atoms with E-state index in [2.05, 4.69) is 9.88 Å². The molecule has 2 aromatic rings. The lowest BCUT2D eigenvalue weighted by atomic mass is 9.92. The molecule has 4 rings (SSSR count). The van der Waals surface area contributed by atoms with Gasteiger partial charge < -0.3 is 14.7 Å². The number of amides is 2. The molecule has 2 aliphatic rings. The summed E-state index contributed by atoms with van der Waals surface area (Å²) in [6, 6.07) is 13.7. The van der Waals surface area contributed by atoms with E-state index in [1.807, 2.05) is 65.4 Å². The van der Waals surface area contributed by atoms with Crippen LogP contribution < -0.4 is 4.90 Å². The summed E-state index contributed by atoms with van der Waals surface area (Å²) in [5.41, 5.74) is 1.82. The van der Waals surface area contributed by atoms with Crippen molar-refractivity contribution in [2.24, 2.45) is 5.92 Å². The Kier molecular flexibility index (Phi) is 6.85. The molecule has 164 valence electrons. The Morgan fingerprint density at radius 3 is 2.48 bits per heavy atom. The molecule has 0 bridgehead atoms. The van der Waals surface area contributed by atoms with Gasteiger partial charge in [0.25, 0.3) is 5.91 Å². The Labute approximate surface area is 184 Å². The number of carbonyl (C=O) groups is 2. The Bertz CT molecular complexity index is 893. The molecule has 1 aromatic heterocycles. The number of piperazine rings is 1. The second-order valence-electron chi connectivity index (χ2n) is 8.67. The fourth-order valence-corrected chi connectivity index (χ4v) is 4.68. The van der Waals surface area contributed by atoms with Crippen molar-refractivity contribution in [1.29, 1.82) is 0 Å². The number of carbonyl (C=O) groups excluding carboxylic acids is 2. The lowest BCUT2D eigenvalue weighted by Gasteiger charge is -2.36. The van der Waals surface area contributed by atoms with Gasteiger partial charge >= 0.3 is 0 Å². The monoisotopic (exact) mass is 420 g/mol. The van der Waals surface area contributed by atoms with Crippen molar-refractivity contribution in [3.05, 3.63) is 59.8 Å². The molecule has 0 spiro atoms. The third kappa shape index (κ3) is 5.24. The summed E-state index contributed by atoms with van der Waals surface area (Å²) in [5, 5.41) is 0. The quantitative estimate of drug-likeness (QED) is 0.744. The zero-order valence-electron chi connectivity index (χ0n) is 18.4. The number of rotatable bonds is 5. The van der Waals surface area contributed by atoms with Gasteiger partial charge in [0.1, 0.15) is 5.82 Å². The molecule has 0 N–H and O–H groups in total. The van der Waals surface area contributed by atoms with Gasteiger partial charge in [-0.3, -0.25) is 9.59 Å². The number of anilines is 1. The summed E-state index contributed by atoms with van der Waals surface area (Å²) in [7, 11) is 0. The van der Waals surface area contributed by atoms with Crippen LogP contribution in [0, 0.1) is 12.8 Å². The molecule has 3 heterocycles. The molecule has 2 saturated heterocycles. The molecule has 6 heteroatoms. The van der Waals surface area contributed by atoms with E-state index in [4.69, 9.17) is 0 Å². The summed E-state index contributed by atoms with van der Waals surface area (Å²) in [4.78, 5) is 36.3. The van der Waals surface area contributed by atoms with Crippen molar-refractivity contribution in [3.63, 3.8) is 0 Å². The van der Waals surface area contributed by atoms with Gasteiger partial charge in [0, 0.05) is 57.4 Å². The third-order valence-electron chi connectivity index (χ3n) is 6.55. The summed E-state index contributed by atoms with van der Waals surface area (Å²) >= 11 is 0. The maximum absolute atomic E-state index is 12.9. The minimum atomic E-state index is 0.125. The maximum Gasteiger partial charge on any atom is 0.254 e. The number of hydrogen-bond acceptors (Lipinski definition) is 4. The van der Waals surface area contributed by atoms with Crippen molar-refractivity contribution < 1.29 is 9.59 Å². The van der Waals surface area contributed by atoms with E-state index in [1.54, 1.807) is 0 Å². The summed E-state index contributed by atoms with van der Waals surface area (Å²) in [6.45, 7) is 6.70. The van der Waals surface area contributed by atoms with Gasteiger partial charge in [0.2, 0.25) is 5.91 Å². The molecular formula is C25H32N4O2. The van der Waals surface area contributed by atoms with Gasteiger partial charge in [0.05, 0.1) is 0 Å². The standard InChI is InChI=1S/C25H32N4O2/c1-20-7-2-3-9-22(20)25(31)29-14-6-8-21(19-29)11-12-24(30)28-17-15-27(16-18-28)23-10-4-5-13-26-23/h2-5,7,9-10,13,21H,6,8,11-12,14-19H2,1H3/t21-/m0/s1. The number of aromatic nitrogens is 1. The first-order valence-electron chi connectivity index (χ1n) is 11.4. The molecule has 2 fully saturated rings. The lowest BCUT2D eigenvalue weighted by molar-refractivity contribution is -0.131. The summed E-state index contributed by atoms with van der Waals surface area (Å²) in [5.74, 6) is 1.75. The Hall–Kier alpha value is -2.89. The molecular weight excluding hydrogens is 388 g/mol. The molecule has 2 amide bonds. The van der Waals surface area contributed by atoms with Gasteiger partial charge in [-0.2, -0.15) is 0 Å². The van der Waals surface area contributed by atoms with Crippen LogP contribution in [0.1, 0.15) is 41.6 Å². The van der Waals surface area contributed by atoms with E-state index in [-0.39, 0.29) is 11.8 Å². The fraction of sp³-hybridized carbons (Fsp3) is 0.480. The Morgan fingerprint density at radius 1 is 0.968 bits per heavy atom. The van der Waals surface area contributed by atoms with E-state index in [1.165, 1.54) is 0 Å². The number of pyridine rings is 1. The van der Waals surface area contributed by atoms with Gasteiger partial charge in [-0.1, -0.05) is 24.3 Å². The molecule has 0 radical (unpaired) electrons. The van der Waals surface area contributed by atoms with E-state index in [0.717, 1.165) is 75.5 Å². The van der Waals surface area contributed by atoms with E-state index >= 15 is 0 Å². The normalized spacial score (nSPS) is 19.4. The average molecular weight is 421 g/mol. The predicted octanol–water partition coefficient (Wildman–Crippen LogP) is 3.37. The van der Waals surface area contributed by atoms with Crippen molar-refractivity contribution in [3.8, 4) is 0 Å². The first kappa shape index (κ1) is 21.3. The van der Waals surface area contributed by atoms with Crippen molar-refractivity contribution in [1.82, 2.24) is 14.8 Å². The average Bonchev–Trinajstić information content (AvgIpc) is 2.83. The number of nitrogens with zero attached hydrogens (tertiary/aromatic N) is 4.